The summed E-state index contributed by atoms with van der Waals surface area (Å²) >= 11 is 2.84. The lowest BCUT2D eigenvalue weighted by Crippen LogP contribution is -2.58. The number of amides is 3. The van der Waals surface area contributed by atoms with Gasteiger partial charge in [0.05, 0.1) is 6.04 Å². The number of rotatable bonds is 7. The lowest BCUT2D eigenvalue weighted by Gasteiger charge is -2.25. The number of aliphatic carboxylic acids is 1. The average molecular weight is 561 g/mol. The molecule has 10 nitrogen and oxygen atoms in total. The standard InChI is InChI=1S/C26H32N4O6S2/c27-19(12-17-6-8-18(31)9-7-17)23(32)29-21-14-37-10-11-38-15-22(26(35)36)30-24(33)20(28-25(21)34)13-16-4-2-1-3-5-16/h1-9,19-22,31H,10-15,27H2,(H,28,34)(H,29,32)(H,30,33)(H,35,36)/t19-,20?,21?,22-/m0/s1. The summed E-state index contributed by atoms with van der Waals surface area (Å²) in [5, 5.41) is 27.0. The number of carboxylic acid groups (broad SMARTS) is 1. The second kappa shape index (κ2) is 14.6. The molecular weight excluding hydrogens is 528 g/mol. The molecular formula is C26H32N4O6S2. The number of hydrogen-bond donors (Lipinski definition) is 6. The Labute approximate surface area is 229 Å². The summed E-state index contributed by atoms with van der Waals surface area (Å²) in [5.41, 5.74) is 7.64. The van der Waals surface area contributed by atoms with Gasteiger partial charge in [0.25, 0.3) is 0 Å². The molecule has 1 heterocycles. The summed E-state index contributed by atoms with van der Waals surface area (Å²) in [4.78, 5) is 51.0. The van der Waals surface area contributed by atoms with Crippen LogP contribution in [0.1, 0.15) is 11.1 Å². The van der Waals surface area contributed by atoms with E-state index in [0.717, 1.165) is 11.1 Å². The van der Waals surface area contributed by atoms with E-state index in [1.54, 1.807) is 24.3 Å². The van der Waals surface area contributed by atoms with E-state index < -0.39 is 47.9 Å². The third-order valence-corrected chi connectivity index (χ3v) is 8.22. The molecule has 12 heteroatoms. The van der Waals surface area contributed by atoms with Crippen molar-refractivity contribution in [3.05, 3.63) is 65.7 Å². The van der Waals surface area contributed by atoms with Gasteiger partial charge in [-0.15, -0.1) is 0 Å². The van der Waals surface area contributed by atoms with Crippen molar-refractivity contribution in [1.29, 1.82) is 0 Å². The van der Waals surface area contributed by atoms with E-state index in [9.17, 15) is 29.4 Å². The minimum Gasteiger partial charge on any atom is -0.508 e. The first-order valence-electron chi connectivity index (χ1n) is 12.1. The predicted octanol–water partition coefficient (Wildman–Crippen LogP) is 0.524. The summed E-state index contributed by atoms with van der Waals surface area (Å²) in [7, 11) is 0. The fourth-order valence-electron chi connectivity index (χ4n) is 3.74. The van der Waals surface area contributed by atoms with E-state index in [2.05, 4.69) is 16.0 Å². The lowest BCUT2D eigenvalue weighted by atomic mass is 10.0. The quantitative estimate of drug-likeness (QED) is 0.283. The summed E-state index contributed by atoms with van der Waals surface area (Å²) in [6.45, 7) is 0. The first kappa shape index (κ1) is 29.3. The van der Waals surface area contributed by atoms with Crippen molar-refractivity contribution in [2.24, 2.45) is 5.73 Å². The maximum atomic E-state index is 13.3. The zero-order chi connectivity index (χ0) is 27.5. The molecule has 1 fully saturated rings. The number of nitrogens with two attached hydrogens (primary N) is 1. The normalized spacial score (nSPS) is 22.0. The van der Waals surface area contributed by atoms with Gasteiger partial charge in [-0.05, 0) is 29.7 Å². The summed E-state index contributed by atoms with van der Waals surface area (Å²) in [6.07, 6.45) is 0.353. The molecule has 0 aromatic heterocycles. The van der Waals surface area contributed by atoms with Crippen molar-refractivity contribution >= 4 is 47.2 Å². The Morgan fingerprint density at radius 3 is 2.26 bits per heavy atom. The van der Waals surface area contributed by atoms with Crippen LogP contribution in [-0.4, -0.2) is 81.1 Å². The van der Waals surface area contributed by atoms with Gasteiger partial charge in [0.15, 0.2) is 0 Å². The maximum Gasteiger partial charge on any atom is 0.327 e. The largest absolute Gasteiger partial charge is 0.508 e. The van der Waals surface area contributed by atoms with E-state index in [1.165, 1.54) is 35.7 Å². The number of carbonyl (C=O) groups is 4. The molecule has 204 valence electrons. The fraction of sp³-hybridized carbons (Fsp3) is 0.385. The highest BCUT2D eigenvalue weighted by Gasteiger charge is 2.31. The van der Waals surface area contributed by atoms with E-state index in [4.69, 9.17) is 5.73 Å². The monoisotopic (exact) mass is 560 g/mol. The molecule has 3 rings (SSSR count). The van der Waals surface area contributed by atoms with E-state index in [1.807, 2.05) is 18.2 Å². The molecule has 7 N–H and O–H groups in total. The summed E-state index contributed by atoms with van der Waals surface area (Å²) < 4.78 is 0. The van der Waals surface area contributed by atoms with Crippen molar-refractivity contribution in [3.8, 4) is 5.75 Å². The van der Waals surface area contributed by atoms with Crippen LogP contribution < -0.4 is 21.7 Å². The van der Waals surface area contributed by atoms with Crippen LogP contribution in [0.5, 0.6) is 5.75 Å². The minimum atomic E-state index is -1.15. The van der Waals surface area contributed by atoms with Crippen LogP contribution in [0, 0.1) is 0 Å². The van der Waals surface area contributed by atoms with E-state index >= 15 is 0 Å². The number of carboxylic acids is 1. The molecule has 3 amide bonds. The van der Waals surface area contributed by atoms with Crippen molar-refractivity contribution < 1.29 is 29.4 Å². The van der Waals surface area contributed by atoms with Gasteiger partial charge in [-0.1, -0.05) is 42.5 Å². The third kappa shape index (κ3) is 9.26. The van der Waals surface area contributed by atoms with Gasteiger partial charge in [-0.25, -0.2) is 4.79 Å². The van der Waals surface area contributed by atoms with Crippen LogP contribution in [0.15, 0.2) is 54.6 Å². The highest BCUT2D eigenvalue weighted by atomic mass is 32.2. The van der Waals surface area contributed by atoms with Gasteiger partial charge < -0.3 is 31.9 Å². The second-order valence-electron chi connectivity index (χ2n) is 8.84. The third-order valence-electron chi connectivity index (χ3n) is 5.83. The van der Waals surface area contributed by atoms with Gasteiger partial charge in [-0.2, -0.15) is 23.5 Å². The minimum absolute atomic E-state index is 0.103. The van der Waals surface area contributed by atoms with Crippen molar-refractivity contribution in [2.75, 3.05) is 23.0 Å². The Morgan fingerprint density at radius 1 is 0.947 bits per heavy atom. The molecule has 1 saturated heterocycles. The Kier molecular flexibility index (Phi) is 11.3. The molecule has 38 heavy (non-hydrogen) atoms. The van der Waals surface area contributed by atoms with Gasteiger partial charge >= 0.3 is 5.97 Å². The van der Waals surface area contributed by atoms with E-state index in [0.29, 0.717) is 11.5 Å². The van der Waals surface area contributed by atoms with Crippen LogP contribution in [0.3, 0.4) is 0 Å². The molecule has 2 aromatic carbocycles. The maximum absolute atomic E-state index is 13.3. The lowest BCUT2D eigenvalue weighted by molar-refractivity contribution is -0.141. The molecule has 0 bridgehead atoms. The number of carbonyl (C=O) groups excluding carboxylic acids is 3. The molecule has 1 aliphatic heterocycles. The van der Waals surface area contributed by atoms with Gasteiger partial charge in [0.1, 0.15) is 23.9 Å². The van der Waals surface area contributed by atoms with Crippen LogP contribution in [0.25, 0.3) is 0 Å². The number of benzene rings is 2. The van der Waals surface area contributed by atoms with Gasteiger partial charge in [0.2, 0.25) is 17.7 Å². The Balaban J connectivity index is 1.75. The van der Waals surface area contributed by atoms with Crippen LogP contribution >= 0.6 is 23.5 Å². The molecule has 0 saturated carbocycles. The number of phenols is 1. The molecule has 0 spiro atoms. The van der Waals surface area contributed by atoms with Crippen LogP contribution in [0.2, 0.25) is 0 Å². The zero-order valence-electron chi connectivity index (χ0n) is 20.7. The first-order valence-corrected chi connectivity index (χ1v) is 14.4. The number of thioether (sulfide) groups is 2. The molecule has 1 aliphatic rings. The fourth-order valence-corrected chi connectivity index (χ4v) is 5.95. The highest BCUT2D eigenvalue weighted by molar-refractivity contribution is 8.03. The highest BCUT2D eigenvalue weighted by Crippen LogP contribution is 2.14. The average Bonchev–Trinajstić information content (AvgIpc) is 2.90. The van der Waals surface area contributed by atoms with Crippen LogP contribution in [0.4, 0.5) is 0 Å². The summed E-state index contributed by atoms with van der Waals surface area (Å²) in [5.74, 6) is -1.05. The van der Waals surface area contributed by atoms with Gasteiger partial charge in [0, 0.05) is 29.4 Å². The second-order valence-corrected chi connectivity index (χ2v) is 11.1. The van der Waals surface area contributed by atoms with Crippen molar-refractivity contribution in [1.82, 2.24) is 16.0 Å². The number of hydrogen-bond acceptors (Lipinski definition) is 8. The molecule has 2 unspecified atom stereocenters. The first-order chi connectivity index (χ1) is 18.2. The smallest absolute Gasteiger partial charge is 0.327 e. The zero-order valence-corrected chi connectivity index (χ0v) is 22.3. The van der Waals surface area contributed by atoms with Crippen LogP contribution in [-0.2, 0) is 32.0 Å². The molecule has 2 aromatic rings. The Morgan fingerprint density at radius 2 is 1.61 bits per heavy atom. The Hall–Kier alpha value is -3.22. The van der Waals surface area contributed by atoms with Crippen molar-refractivity contribution in [2.45, 2.75) is 37.0 Å². The predicted molar refractivity (Wildman–Crippen MR) is 148 cm³/mol. The number of aromatic hydroxyl groups is 1. The van der Waals surface area contributed by atoms with E-state index in [-0.39, 0.29) is 30.1 Å². The SMILES string of the molecule is N[C@@H](Cc1ccc(O)cc1)C(=O)NC1CSCCSC[C@@H](C(=O)O)NC(=O)C(Cc2ccccc2)NC1=O. The topological polar surface area (TPSA) is 171 Å². The Bertz CT molecular complexity index is 1100. The number of nitrogens with one attached hydrogen (secondary N) is 3. The summed E-state index contributed by atoms with van der Waals surface area (Å²) in [6, 6.07) is 11.4. The molecule has 4 atom stereocenters. The van der Waals surface area contributed by atoms with Crippen molar-refractivity contribution in [3.63, 3.8) is 0 Å². The molecule has 0 radical (unpaired) electrons. The molecule has 0 aliphatic carbocycles. The van der Waals surface area contributed by atoms with Gasteiger partial charge in [-0.3, -0.25) is 14.4 Å². The number of phenolic OH excluding ortho intramolecular Hbond substituents is 1.